The molecule has 3 aromatic rings. The van der Waals surface area contributed by atoms with Crippen LogP contribution in [-0.4, -0.2) is 28.0 Å². The summed E-state index contributed by atoms with van der Waals surface area (Å²) in [6.07, 6.45) is 4.44. The Morgan fingerprint density at radius 3 is 2.50 bits per heavy atom. The number of nitrogens with zero attached hydrogens (tertiary/aromatic N) is 4. The zero-order valence-electron chi connectivity index (χ0n) is 13.1. The van der Waals surface area contributed by atoms with E-state index in [9.17, 15) is 8.42 Å². The molecule has 0 saturated carbocycles. The lowest BCUT2D eigenvalue weighted by atomic mass is 10.2. The first kappa shape index (κ1) is 16.5. The highest BCUT2D eigenvalue weighted by atomic mass is 35.5. The Labute approximate surface area is 144 Å². The number of sulfonamides is 1. The van der Waals surface area contributed by atoms with Crippen LogP contribution in [0, 0.1) is 6.92 Å². The molecule has 0 unspecified atom stereocenters. The van der Waals surface area contributed by atoms with E-state index < -0.39 is 10.0 Å². The Hall–Kier alpha value is -2.32. The van der Waals surface area contributed by atoms with E-state index in [1.54, 1.807) is 37.0 Å². The Balaban J connectivity index is 1.76. The van der Waals surface area contributed by atoms with Crippen molar-refractivity contribution in [2.24, 2.45) is 7.05 Å². The van der Waals surface area contributed by atoms with Gasteiger partial charge in [0.15, 0.2) is 0 Å². The maximum absolute atomic E-state index is 12.4. The molecule has 0 atom stereocenters. The molecule has 7 nitrogen and oxygen atoms in total. The van der Waals surface area contributed by atoms with E-state index in [0.29, 0.717) is 22.9 Å². The van der Waals surface area contributed by atoms with Crippen molar-refractivity contribution in [3.63, 3.8) is 0 Å². The summed E-state index contributed by atoms with van der Waals surface area (Å²) < 4.78 is 30.5. The van der Waals surface area contributed by atoms with Crippen LogP contribution in [0.4, 0.5) is 5.69 Å². The molecule has 3 rings (SSSR count). The van der Waals surface area contributed by atoms with E-state index in [-0.39, 0.29) is 4.90 Å². The van der Waals surface area contributed by atoms with Gasteiger partial charge in [-0.15, -0.1) is 0 Å². The second kappa shape index (κ2) is 6.29. The predicted molar refractivity (Wildman–Crippen MR) is 91.5 cm³/mol. The van der Waals surface area contributed by atoms with Crippen molar-refractivity contribution < 1.29 is 8.42 Å². The van der Waals surface area contributed by atoms with Gasteiger partial charge in [-0.2, -0.15) is 10.2 Å². The smallest absolute Gasteiger partial charge is 0.265 e. The van der Waals surface area contributed by atoms with Gasteiger partial charge in [0.05, 0.1) is 30.3 Å². The van der Waals surface area contributed by atoms with Crippen LogP contribution in [0.25, 0.3) is 0 Å². The number of benzene rings is 1. The molecular formula is C15H16ClN5O2S. The molecule has 2 heterocycles. The highest BCUT2D eigenvalue weighted by molar-refractivity contribution is 7.92. The van der Waals surface area contributed by atoms with E-state index >= 15 is 0 Å². The predicted octanol–water partition coefficient (Wildman–Crippen LogP) is 2.43. The highest BCUT2D eigenvalue weighted by Gasteiger charge is 2.20. The van der Waals surface area contributed by atoms with E-state index in [0.717, 1.165) is 5.56 Å². The number of nitrogens with one attached hydrogen (secondary N) is 1. The van der Waals surface area contributed by atoms with Gasteiger partial charge in [-0.3, -0.25) is 14.1 Å². The minimum absolute atomic E-state index is 0.149. The molecule has 0 amide bonds. The lowest BCUT2D eigenvalue weighted by Gasteiger charge is -2.05. The van der Waals surface area contributed by atoms with E-state index in [4.69, 9.17) is 11.6 Å². The topological polar surface area (TPSA) is 81.8 Å². The van der Waals surface area contributed by atoms with Crippen LogP contribution in [-0.2, 0) is 23.6 Å². The molecule has 126 valence electrons. The van der Waals surface area contributed by atoms with Gasteiger partial charge in [-0.1, -0.05) is 23.7 Å². The minimum Gasteiger partial charge on any atom is -0.276 e. The van der Waals surface area contributed by atoms with Crippen molar-refractivity contribution in [3.05, 3.63) is 59.1 Å². The molecule has 0 aliphatic rings. The van der Waals surface area contributed by atoms with Crippen molar-refractivity contribution in [3.8, 4) is 0 Å². The van der Waals surface area contributed by atoms with Gasteiger partial charge >= 0.3 is 0 Å². The first-order chi connectivity index (χ1) is 11.3. The molecule has 1 N–H and O–H groups in total. The van der Waals surface area contributed by atoms with Crippen LogP contribution in [0.2, 0.25) is 5.02 Å². The third-order valence-corrected chi connectivity index (χ3v) is 5.36. The lowest BCUT2D eigenvalue weighted by Crippen LogP contribution is -2.13. The summed E-state index contributed by atoms with van der Waals surface area (Å²) in [5, 5.41) is 8.80. The van der Waals surface area contributed by atoms with Gasteiger partial charge in [-0.05, 0) is 24.6 Å². The largest absolute Gasteiger partial charge is 0.276 e. The van der Waals surface area contributed by atoms with Gasteiger partial charge < -0.3 is 0 Å². The summed E-state index contributed by atoms with van der Waals surface area (Å²) in [5.41, 5.74) is 1.98. The zero-order chi connectivity index (χ0) is 17.3. The number of aryl methyl sites for hydroxylation is 1. The number of anilines is 1. The normalized spacial score (nSPS) is 11.6. The first-order valence-electron chi connectivity index (χ1n) is 7.13. The van der Waals surface area contributed by atoms with Crippen molar-refractivity contribution in [1.82, 2.24) is 19.6 Å². The highest BCUT2D eigenvalue weighted by Crippen LogP contribution is 2.18. The summed E-state index contributed by atoms with van der Waals surface area (Å²) in [5.74, 6) is 0. The maximum atomic E-state index is 12.4. The number of hydrogen-bond donors (Lipinski definition) is 1. The molecular weight excluding hydrogens is 350 g/mol. The number of aromatic nitrogens is 4. The summed E-state index contributed by atoms with van der Waals surface area (Å²) in [6, 6.07) is 7.39. The molecule has 0 radical (unpaired) electrons. The molecule has 0 fully saturated rings. The third-order valence-electron chi connectivity index (χ3n) is 3.62. The van der Waals surface area contributed by atoms with E-state index in [1.165, 1.54) is 17.1 Å². The van der Waals surface area contributed by atoms with Crippen LogP contribution in [0.5, 0.6) is 0 Å². The third kappa shape index (κ3) is 3.44. The molecule has 0 saturated heterocycles. The zero-order valence-corrected chi connectivity index (χ0v) is 14.7. The molecule has 2 aromatic heterocycles. The van der Waals surface area contributed by atoms with Gasteiger partial charge in [0.2, 0.25) is 0 Å². The first-order valence-corrected chi connectivity index (χ1v) is 8.99. The van der Waals surface area contributed by atoms with Crippen LogP contribution in [0.1, 0.15) is 11.3 Å². The molecule has 0 bridgehead atoms. The second-order valence-electron chi connectivity index (χ2n) is 5.38. The van der Waals surface area contributed by atoms with Crippen LogP contribution >= 0.6 is 11.6 Å². The summed E-state index contributed by atoms with van der Waals surface area (Å²) in [7, 11) is -2.00. The number of rotatable bonds is 5. The van der Waals surface area contributed by atoms with Crippen molar-refractivity contribution in [2.75, 3.05) is 4.72 Å². The summed E-state index contributed by atoms with van der Waals surface area (Å²) >= 11 is 5.86. The Morgan fingerprint density at radius 1 is 1.17 bits per heavy atom. The molecule has 1 aromatic carbocycles. The quantitative estimate of drug-likeness (QED) is 0.752. The minimum atomic E-state index is -3.69. The fraction of sp³-hybridized carbons (Fsp3) is 0.200. The van der Waals surface area contributed by atoms with Gasteiger partial charge in [0, 0.05) is 18.3 Å². The Morgan fingerprint density at radius 2 is 1.88 bits per heavy atom. The molecule has 0 aliphatic heterocycles. The van der Waals surface area contributed by atoms with Gasteiger partial charge in [0.25, 0.3) is 10.0 Å². The number of halogens is 1. The molecule has 9 heteroatoms. The van der Waals surface area contributed by atoms with Gasteiger partial charge in [0.1, 0.15) is 4.90 Å². The average Bonchev–Trinajstić information content (AvgIpc) is 3.09. The lowest BCUT2D eigenvalue weighted by molar-refractivity contribution is 0.600. The van der Waals surface area contributed by atoms with E-state index in [2.05, 4.69) is 14.9 Å². The monoisotopic (exact) mass is 365 g/mol. The average molecular weight is 366 g/mol. The van der Waals surface area contributed by atoms with Crippen molar-refractivity contribution in [2.45, 2.75) is 18.4 Å². The van der Waals surface area contributed by atoms with Crippen LogP contribution in [0.15, 0.2) is 47.8 Å². The SMILES string of the molecule is Cc1c(S(=O)(=O)Nc2cnn(Cc3ccc(Cl)cc3)c2)cnn1C. The Bertz CT molecular complexity index is 960. The summed E-state index contributed by atoms with van der Waals surface area (Å²) in [4.78, 5) is 0.149. The van der Waals surface area contributed by atoms with Crippen LogP contribution in [0.3, 0.4) is 0 Å². The van der Waals surface area contributed by atoms with Crippen molar-refractivity contribution in [1.29, 1.82) is 0 Å². The van der Waals surface area contributed by atoms with Crippen LogP contribution < -0.4 is 4.72 Å². The standard InChI is InChI=1S/C15H16ClN5O2S/c1-11-15(8-17-20(11)2)24(22,23)19-14-7-18-21(10-14)9-12-3-5-13(16)6-4-12/h3-8,10,19H,9H2,1-2H3. The molecule has 24 heavy (non-hydrogen) atoms. The fourth-order valence-corrected chi connectivity index (χ4v) is 3.59. The number of hydrogen-bond acceptors (Lipinski definition) is 4. The maximum Gasteiger partial charge on any atom is 0.265 e. The summed E-state index contributed by atoms with van der Waals surface area (Å²) in [6.45, 7) is 2.22. The van der Waals surface area contributed by atoms with Gasteiger partial charge in [-0.25, -0.2) is 8.42 Å². The van der Waals surface area contributed by atoms with E-state index in [1.807, 2.05) is 12.1 Å². The van der Waals surface area contributed by atoms with Crippen molar-refractivity contribution >= 4 is 27.3 Å². The second-order valence-corrected chi connectivity index (χ2v) is 7.46. The Kier molecular flexibility index (Phi) is 4.33. The fourth-order valence-electron chi connectivity index (χ4n) is 2.23. The molecule has 0 spiro atoms. The molecule has 0 aliphatic carbocycles.